The largest absolute Gasteiger partial charge is 0.508 e. The highest BCUT2D eigenvalue weighted by molar-refractivity contribution is 5.27. The van der Waals surface area contributed by atoms with E-state index < -0.39 is 12.3 Å². The van der Waals surface area contributed by atoms with Gasteiger partial charge in [0.1, 0.15) is 5.75 Å². The van der Waals surface area contributed by atoms with Crippen LogP contribution in [0, 0.1) is 0 Å². The SMILES string of the molecule is CC(O)C(F)c1ccc(O)cc1. The fourth-order valence-corrected chi connectivity index (χ4v) is 0.937. The van der Waals surface area contributed by atoms with Gasteiger partial charge in [0.25, 0.3) is 0 Å². The normalized spacial score (nSPS) is 15.6. The number of halogens is 1. The summed E-state index contributed by atoms with van der Waals surface area (Å²) >= 11 is 0. The zero-order chi connectivity index (χ0) is 9.14. The smallest absolute Gasteiger partial charge is 0.151 e. The van der Waals surface area contributed by atoms with Gasteiger partial charge in [-0.25, -0.2) is 4.39 Å². The van der Waals surface area contributed by atoms with Crippen molar-refractivity contribution in [3.8, 4) is 5.75 Å². The van der Waals surface area contributed by atoms with Crippen LogP contribution in [-0.2, 0) is 0 Å². The summed E-state index contributed by atoms with van der Waals surface area (Å²) in [7, 11) is 0. The van der Waals surface area contributed by atoms with Gasteiger partial charge in [0, 0.05) is 0 Å². The molecule has 2 atom stereocenters. The third-order valence-corrected chi connectivity index (χ3v) is 1.64. The molecule has 2 nitrogen and oxygen atoms in total. The number of phenolic OH excluding ortho intramolecular Hbond substituents is 1. The zero-order valence-corrected chi connectivity index (χ0v) is 6.74. The van der Waals surface area contributed by atoms with Crippen LogP contribution in [0.4, 0.5) is 4.39 Å². The van der Waals surface area contributed by atoms with E-state index in [9.17, 15) is 4.39 Å². The number of aliphatic hydroxyl groups is 1. The highest BCUT2D eigenvalue weighted by Gasteiger charge is 2.14. The third-order valence-electron chi connectivity index (χ3n) is 1.64. The van der Waals surface area contributed by atoms with Crippen LogP contribution in [0.1, 0.15) is 18.7 Å². The first-order valence-corrected chi connectivity index (χ1v) is 3.72. The van der Waals surface area contributed by atoms with Gasteiger partial charge in [0.05, 0.1) is 6.10 Å². The molecular formula is C9H11FO2. The van der Waals surface area contributed by atoms with E-state index in [-0.39, 0.29) is 5.75 Å². The summed E-state index contributed by atoms with van der Waals surface area (Å²) in [6.45, 7) is 1.39. The van der Waals surface area contributed by atoms with Crippen molar-refractivity contribution < 1.29 is 14.6 Å². The van der Waals surface area contributed by atoms with Crippen molar-refractivity contribution in [2.45, 2.75) is 19.2 Å². The van der Waals surface area contributed by atoms with E-state index in [0.717, 1.165) is 0 Å². The maximum Gasteiger partial charge on any atom is 0.151 e. The summed E-state index contributed by atoms with van der Waals surface area (Å²) in [5.41, 5.74) is 0.378. The summed E-state index contributed by atoms with van der Waals surface area (Å²) in [4.78, 5) is 0. The molecule has 0 spiro atoms. The van der Waals surface area contributed by atoms with E-state index in [4.69, 9.17) is 10.2 Å². The molecule has 0 amide bonds. The van der Waals surface area contributed by atoms with E-state index >= 15 is 0 Å². The van der Waals surface area contributed by atoms with Gasteiger partial charge in [-0.3, -0.25) is 0 Å². The van der Waals surface area contributed by atoms with Gasteiger partial charge in [-0.05, 0) is 24.6 Å². The van der Waals surface area contributed by atoms with E-state index in [1.165, 1.54) is 31.2 Å². The lowest BCUT2D eigenvalue weighted by Crippen LogP contribution is -2.09. The molecule has 0 aliphatic rings. The van der Waals surface area contributed by atoms with Crippen molar-refractivity contribution in [2.75, 3.05) is 0 Å². The lowest BCUT2D eigenvalue weighted by molar-refractivity contribution is 0.0933. The first kappa shape index (κ1) is 9.00. The summed E-state index contributed by atoms with van der Waals surface area (Å²) in [6.07, 6.45) is -2.40. The number of aliphatic hydroxyl groups excluding tert-OH is 1. The topological polar surface area (TPSA) is 40.5 Å². The molecule has 0 bridgehead atoms. The van der Waals surface area contributed by atoms with Crippen molar-refractivity contribution in [3.63, 3.8) is 0 Å². The molecule has 0 fully saturated rings. The average Bonchev–Trinajstić information content (AvgIpc) is 2.04. The molecular weight excluding hydrogens is 159 g/mol. The molecule has 12 heavy (non-hydrogen) atoms. The molecule has 2 unspecified atom stereocenters. The van der Waals surface area contributed by atoms with Crippen LogP contribution in [0.25, 0.3) is 0 Å². The predicted molar refractivity (Wildman–Crippen MR) is 43.6 cm³/mol. The molecule has 0 radical (unpaired) electrons. The molecule has 0 aromatic heterocycles. The van der Waals surface area contributed by atoms with Crippen molar-refractivity contribution in [1.29, 1.82) is 0 Å². The second-order valence-corrected chi connectivity index (χ2v) is 2.73. The van der Waals surface area contributed by atoms with Gasteiger partial charge in [-0.2, -0.15) is 0 Å². The highest BCUT2D eigenvalue weighted by Crippen LogP contribution is 2.22. The molecule has 0 saturated carbocycles. The minimum Gasteiger partial charge on any atom is -0.508 e. The van der Waals surface area contributed by atoms with Crippen LogP contribution in [0.15, 0.2) is 24.3 Å². The van der Waals surface area contributed by atoms with Gasteiger partial charge in [-0.1, -0.05) is 12.1 Å². The van der Waals surface area contributed by atoms with Gasteiger partial charge < -0.3 is 10.2 Å². The van der Waals surface area contributed by atoms with Gasteiger partial charge in [-0.15, -0.1) is 0 Å². The van der Waals surface area contributed by atoms with Crippen molar-refractivity contribution in [2.24, 2.45) is 0 Å². The number of benzene rings is 1. The van der Waals surface area contributed by atoms with E-state index in [1.54, 1.807) is 0 Å². The van der Waals surface area contributed by atoms with E-state index in [0.29, 0.717) is 5.56 Å². The Kier molecular flexibility index (Phi) is 2.65. The van der Waals surface area contributed by atoms with E-state index in [2.05, 4.69) is 0 Å². The Hall–Kier alpha value is -1.09. The van der Waals surface area contributed by atoms with Crippen LogP contribution in [0.3, 0.4) is 0 Å². The average molecular weight is 170 g/mol. The highest BCUT2D eigenvalue weighted by atomic mass is 19.1. The monoisotopic (exact) mass is 170 g/mol. The van der Waals surface area contributed by atoms with E-state index in [1.807, 2.05) is 0 Å². The second-order valence-electron chi connectivity index (χ2n) is 2.73. The molecule has 1 aromatic rings. The van der Waals surface area contributed by atoms with Crippen molar-refractivity contribution >= 4 is 0 Å². The Labute approximate surface area is 70.3 Å². The van der Waals surface area contributed by atoms with Crippen LogP contribution < -0.4 is 0 Å². The molecule has 2 N–H and O–H groups in total. The summed E-state index contributed by atoms with van der Waals surface area (Å²) in [5.74, 6) is 0.0940. The van der Waals surface area contributed by atoms with Gasteiger partial charge in [0.2, 0.25) is 0 Å². The molecule has 0 saturated heterocycles. The fraction of sp³-hybridized carbons (Fsp3) is 0.333. The van der Waals surface area contributed by atoms with Crippen molar-refractivity contribution in [1.82, 2.24) is 0 Å². The molecule has 0 heterocycles. The minimum absolute atomic E-state index is 0.0940. The second kappa shape index (κ2) is 3.54. The Morgan fingerprint density at radius 3 is 2.17 bits per heavy atom. The first-order chi connectivity index (χ1) is 5.61. The lowest BCUT2D eigenvalue weighted by atomic mass is 10.1. The predicted octanol–water partition coefficient (Wildman–Crippen LogP) is 1.78. The molecule has 0 aliphatic carbocycles. The molecule has 66 valence electrons. The maximum absolute atomic E-state index is 13.1. The van der Waals surface area contributed by atoms with Gasteiger partial charge in [0.15, 0.2) is 6.17 Å². The Morgan fingerprint density at radius 1 is 1.25 bits per heavy atom. The quantitative estimate of drug-likeness (QED) is 0.710. The zero-order valence-electron chi connectivity index (χ0n) is 6.74. The Bertz CT molecular complexity index is 243. The summed E-state index contributed by atoms with van der Waals surface area (Å²) < 4.78 is 13.1. The van der Waals surface area contributed by atoms with Crippen molar-refractivity contribution in [3.05, 3.63) is 29.8 Å². The standard InChI is InChI=1S/C9H11FO2/c1-6(11)9(10)7-2-4-8(12)5-3-7/h2-6,9,11-12H,1H3. The van der Waals surface area contributed by atoms with Crippen LogP contribution in [0.5, 0.6) is 5.75 Å². The molecule has 1 rings (SSSR count). The minimum atomic E-state index is -1.38. The fourth-order valence-electron chi connectivity index (χ4n) is 0.937. The Balaban J connectivity index is 2.82. The summed E-state index contributed by atoms with van der Waals surface area (Å²) in [5, 5.41) is 17.8. The number of hydrogen-bond acceptors (Lipinski definition) is 2. The summed E-state index contributed by atoms with van der Waals surface area (Å²) in [6, 6.07) is 5.69. The van der Waals surface area contributed by atoms with Crippen LogP contribution >= 0.6 is 0 Å². The number of phenols is 1. The molecule has 1 aromatic carbocycles. The molecule has 0 aliphatic heterocycles. The molecule has 3 heteroatoms. The number of rotatable bonds is 2. The first-order valence-electron chi connectivity index (χ1n) is 3.72. The number of hydrogen-bond donors (Lipinski definition) is 2. The van der Waals surface area contributed by atoms with Gasteiger partial charge >= 0.3 is 0 Å². The maximum atomic E-state index is 13.1. The Morgan fingerprint density at radius 2 is 1.75 bits per heavy atom. The third kappa shape index (κ3) is 1.95. The number of aromatic hydroxyl groups is 1. The lowest BCUT2D eigenvalue weighted by Gasteiger charge is -2.10. The van der Waals surface area contributed by atoms with Crippen LogP contribution in [-0.4, -0.2) is 16.3 Å². The number of alkyl halides is 1. The van der Waals surface area contributed by atoms with Crippen LogP contribution in [0.2, 0.25) is 0 Å².